The van der Waals surface area contributed by atoms with Crippen molar-refractivity contribution in [2.45, 2.75) is 56.4 Å². The second-order valence-corrected chi connectivity index (χ2v) is 8.21. The molecule has 1 aliphatic rings. The van der Waals surface area contributed by atoms with E-state index in [1.807, 2.05) is 0 Å². The third kappa shape index (κ3) is 4.27. The molecule has 0 aromatic heterocycles. The van der Waals surface area contributed by atoms with Crippen molar-refractivity contribution in [3.63, 3.8) is 0 Å². The first-order valence-corrected chi connectivity index (χ1v) is 9.74. The first kappa shape index (κ1) is 18.7. The van der Waals surface area contributed by atoms with Gasteiger partial charge >= 0.3 is 0 Å². The molecule has 0 spiro atoms. The smallest absolute Gasteiger partial charge is 0.243 e. The van der Waals surface area contributed by atoms with Gasteiger partial charge in [0.1, 0.15) is 5.75 Å². The van der Waals surface area contributed by atoms with Crippen LogP contribution in [0.15, 0.2) is 23.1 Å². The standard InChI is InChI=1S/C17H26N2O4S/c1-13(20)18-16-12-15(10-11-17(16)23-3)24(21,22)19(2)14-8-6-4-5-7-9-14/h10-12,14H,4-9H2,1-3H3,(H,18,20). The zero-order chi connectivity index (χ0) is 17.7. The Morgan fingerprint density at radius 3 is 2.38 bits per heavy atom. The molecular formula is C17H26N2O4S. The predicted octanol–water partition coefficient (Wildman–Crippen LogP) is 3.00. The van der Waals surface area contributed by atoms with E-state index in [4.69, 9.17) is 4.74 Å². The first-order valence-electron chi connectivity index (χ1n) is 8.30. The Morgan fingerprint density at radius 2 is 1.83 bits per heavy atom. The molecule has 0 saturated heterocycles. The van der Waals surface area contributed by atoms with E-state index in [-0.39, 0.29) is 16.8 Å². The van der Waals surface area contributed by atoms with Gasteiger partial charge in [-0.25, -0.2) is 8.42 Å². The summed E-state index contributed by atoms with van der Waals surface area (Å²) in [7, 11) is -0.487. The van der Waals surface area contributed by atoms with Gasteiger partial charge in [0.05, 0.1) is 17.7 Å². The van der Waals surface area contributed by atoms with Crippen molar-refractivity contribution >= 4 is 21.6 Å². The number of nitrogens with one attached hydrogen (secondary N) is 1. The van der Waals surface area contributed by atoms with Crippen LogP contribution in [0.2, 0.25) is 0 Å². The van der Waals surface area contributed by atoms with Crippen molar-refractivity contribution in [3.8, 4) is 5.75 Å². The number of anilines is 1. The van der Waals surface area contributed by atoms with Crippen LogP contribution < -0.4 is 10.1 Å². The number of benzene rings is 1. The second kappa shape index (κ2) is 7.98. The van der Waals surface area contributed by atoms with Crippen molar-refractivity contribution in [2.75, 3.05) is 19.5 Å². The van der Waals surface area contributed by atoms with E-state index >= 15 is 0 Å². The fraction of sp³-hybridized carbons (Fsp3) is 0.588. The molecule has 2 rings (SSSR count). The number of nitrogens with zero attached hydrogens (tertiary/aromatic N) is 1. The zero-order valence-corrected chi connectivity index (χ0v) is 15.4. The lowest BCUT2D eigenvalue weighted by atomic mass is 10.1. The van der Waals surface area contributed by atoms with E-state index in [1.54, 1.807) is 13.1 Å². The van der Waals surface area contributed by atoms with E-state index in [1.165, 1.54) is 43.3 Å². The summed E-state index contributed by atoms with van der Waals surface area (Å²) in [6.45, 7) is 1.37. The number of amides is 1. The van der Waals surface area contributed by atoms with Gasteiger partial charge in [-0.05, 0) is 31.0 Å². The molecule has 1 saturated carbocycles. The fourth-order valence-electron chi connectivity index (χ4n) is 3.12. The van der Waals surface area contributed by atoms with Crippen LogP contribution in [0.5, 0.6) is 5.75 Å². The molecule has 24 heavy (non-hydrogen) atoms. The molecule has 134 valence electrons. The van der Waals surface area contributed by atoms with Gasteiger partial charge in [0.2, 0.25) is 15.9 Å². The lowest BCUT2D eigenvalue weighted by molar-refractivity contribution is -0.114. The van der Waals surface area contributed by atoms with Crippen LogP contribution in [-0.4, -0.2) is 38.8 Å². The van der Waals surface area contributed by atoms with Gasteiger partial charge in [-0.3, -0.25) is 4.79 Å². The number of methoxy groups -OCH3 is 1. The number of ether oxygens (including phenoxy) is 1. The maximum absolute atomic E-state index is 13.0. The minimum Gasteiger partial charge on any atom is -0.495 e. The molecule has 0 heterocycles. The minimum absolute atomic E-state index is 0.0313. The minimum atomic E-state index is -3.61. The van der Waals surface area contributed by atoms with Gasteiger partial charge in [-0.15, -0.1) is 0 Å². The van der Waals surface area contributed by atoms with Gasteiger partial charge < -0.3 is 10.1 Å². The van der Waals surface area contributed by atoms with Crippen LogP contribution in [-0.2, 0) is 14.8 Å². The molecule has 6 nitrogen and oxygen atoms in total. The molecule has 1 N–H and O–H groups in total. The molecular weight excluding hydrogens is 328 g/mol. The number of carbonyl (C=O) groups excluding carboxylic acids is 1. The van der Waals surface area contributed by atoms with Crippen molar-refractivity contribution in [1.29, 1.82) is 0 Å². The molecule has 0 unspecified atom stereocenters. The third-order valence-corrected chi connectivity index (χ3v) is 6.40. The Kier molecular flexibility index (Phi) is 6.23. The van der Waals surface area contributed by atoms with E-state index in [9.17, 15) is 13.2 Å². The monoisotopic (exact) mass is 354 g/mol. The predicted molar refractivity (Wildman–Crippen MR) is 93.7 cm³/mol. The number of hydrogen-bond donors (Lipinski definition) is 1. The van der Waals surface area contributed by atoms with Gasteiger partial charge in [0.15, 0.2) is 0 Å². The lowest BCUT2D eigenvalue weighted by Crippen LogP contribution is -2.36. The first-order chi connectivity index (χ1) is 11.4. The maximum atomic E-state index is 13.0. The van der Waals surface area contributed by atoms with Crippen LogP contribution in [0.25, 0.3) is 0 Å². The topological polar surface area (TPSA) is 75.7 Å². The average molecular weight is 354 g/mol. The molecule has 1 amide bonds. The molecule has 1 aliphatic carbocycles. The third-order valence-electron chi connectivity index (χ3n) is 4.50. The number of carbonyl (C=O) groups is 1. The molecule has 0 bridgehead atoms. The SMILES string of the molecule is COc1ccc(S(=O)(=O)N(C)C2CCCCCC2)cc1NC(C)=O. The molecule has 1 aromatic rings. The number of hydrogen-bond acceptors (Lipinski definition) is 4. The number of rotatable bonds is 5. The van der Waals surface area contributed by atoms with E-state index in [0.717, 1.165) is 25.7 Å². The Hall–Kier alpha value is -1.60. The largest absolute Gasteiger partial charge is 0.495 e. The molecule has 7 heteroatoms. The molecule has 0 radical (unpaired) electrons. The van der Waals surface area contributed by atoms with Gasteiger partial charge in [-0.1, -0.05) is 25.7 Å². The molecule has 0 atom stereocenters. The summed E-state index contributed by atoms with van der Waals surface area (Å²) < 4.78 is 32.6. The zero-order valence-electron chi connectivity index (χ0n) is 14.5. The normalized spacial score (nSPS) is 16.7. The van der Waals surface area contributed by atoms with E-state index < -0.39 is 10.0 Å². The van der Waals surface area contributed by atoms with E-state index in [0.29, 0.717) is 11.4 Å². The highest BCUT2D eigenvalue weighted by atomic mass is 32.2. The lowest BCUT2D eigenvalue weighted by Gasteiger charge is -2.26. The van der Waals surface area contributed by atoms with Crippen molar-refractivity contribution in [2.24, 2.45) is 0 Å². The van der Waals surface area contributed by atoms with Gasteiger partial charge in [0, 0.05) is 20.0 Å². The quantitative estimate of drug-likeness (QED) is 0.825. The van der Waals surface area contributed by atoms with Crippen LogP contribution in [0.4, 0.5) is 5.69 Å². The van der Waals surface area contributed by atoms with Crippen LogP contribution in [0.1, 0.15) is 45.4 Å². The molecule has 1 aromatic carbocycles. The number of sulfonamides is 1. The summed E-state index contributed by atoms with van der Waals surface area (Å²) in [5.41, 5.74) is 0.361. The summed E-state index contributed by atoms with van der Waals surface area (Å²) >= 11 is 0. The summed E-state index contributed by atoms with van der Waals surface area (Å²) in [5, 5.41) is 2.62. The van der Waals surface area contributed by atoms with E-state index in [2.05, 4.69) is 5.32 Å². The van der Waals surface area contributed by atoms with Gasteiger partial charge in [0.25, 0.3) is 0 Å². The summed E-state index contributed by atoms with van der Waals surface area (Å²) in [6, 6.07) is 4.58. The Morgan fingerprint density at radius 1 is 1.21 bits per heavy atom. The second-order valence-electron chi connectivity index (χ2n) is 6.21. The fourth-order valence-corrected chi connectivity index (χ4v) is 4.56. The maximum Gasteiger partial charge on any atom is 0.243 e. The van der Waals surface area contributed by atoms with Crippen LogP contribution in [0.3, 0.4) is 0 Å². The molecule has 1 fully saturated rings. The summed E-state index contributed by atoms with van der Waals surface area (Å²) in [6.07, 6.45) is 6.24. The highest BCUT2D eigenvalue weighted by molar-refractivity contribution is 7.89. The highest BCUT2D eigenvalue weighted by Gasteiger charge is 2.29. The van der Waals surface area contributed by atoms with Crippen LogP contribution >= 0.6 is 0 Å². The highest BCUT2D eigenvalue weighted by Crippen LogP contribution is 2.31. The molecule has 0 aliphatic heterocycles. The Labute approximate surface area is 144 Å². The van der Waals surface area contributed by atoms with Crippen molar-refractivity contribution in [1.82, 2.24) is 4.31 Å². The van der Waals surface area contributed by atoms with Crippen LogP contribution in [0, 0.1) is 0 Å². The summed E-state index contributed by atoms with van der Waals surface area (Å²) in [5.74, 6) is 0.154. The Balaban J connectivity index is 2.32. The van der Waals surface area contributed by atoms with Gasteiger partial charge in [-0.2, -0.15) is 4.31 Å². The summed E-state index contributed by atoms with van der Waals surface area (Å²) in [4.78, 5) is 11.5. The Bertz CT molecular complexity index is 680. The average Bonchev–Trinajstić information content (AvgIpc) is 2.82. The van der Waals surface area contributed by atoms with Crippen molar-refractivity contribution < 1.29 is 17.9 Å². The van der Waals surface area contributed by atoms with Crippen molar-refractivity contribution in [3.05, 3.63) is 18.2 Å².